The first kappa shape index (κ1) is 18.2. The number of H-pyrrole nitrogens is 1. The zero-order chi connectivity index (χ0) is 20.5. The van der Waals surface area contributed by atoms with Crippen LogP contribution in [0.25, 0.3) is 22.3 Å². The Kier molecular flexibility index (Phi) is 4.43. The second-order valence-electron chi connectivity index (χ2n) is 6.34. The summed E-state index contributed by atoms with van der Waals surface area (Å²) in [5.41, 5.74) is 8.05. The van der Waals surface area contributed by atoms with Crippen molar-refractivity contribution in [1.82, 2.24) is 19.5 Å². The van der Waals surface area contributed by atoms with Crippen molar-refractivity contribution in [3.05, 3.63) is 74.8 Å². The first-order valence-electron chi connectivity index (χ1n) is 8.58. The van der Waals surface area contributed by atoms with Crippen LogP contribution in [0.2, 0.25) is 0 Å². The second kappa shape index (κ2) is 7.08. The summed E-state index contributed by atoms with van der Waals surface area (Å²) in [5.74, 6) is 0.597. The Balaban J connectivity index is 1.77. The number of nitrogens with two attached hydrogens (primary N) is 1. The molecular weight excluding hydrogens is 376 g/mol. The van der Waals surface area contributed by atoms with Crippen LogP contribution in [-0.4, -0.2) is 31.6 Å². The van der Waals surface area contributed by atoms with E-state index in [9.17, 15) is 14.9 Å². The maximum Gasteiger partial charge on any atom is 0.280 e. The number of methoxy groups -OCH3 is 1. The highest BCUT2D eigenvalue weighted by Gasteiger charge is 2.14. The third-order valence-electron chi connectivity index (χ3n) is 4.48. The van der Waals surface area contributed by atoms with E-state index in [4.69, 9.17) is 10.5 Å². The Morgan fingerprint density at radius 3 is 2.86 bits per heavy atom. The Morgan fingerprint density at radius 1 is 1.28 bits per heavy atom. The number of fused-ring (bicyclic) bond motifs is 1. The Bertz CT molecular complexity index is 1290. The van der Waals surface area contributed by atoms with Crippen LogP contribution in [0.4, 0.5) is 11.6 Å². The topological polar surface area (TPSA) is 142 Å². The minimum Gasteiger partial charge on any atom is -0.496 e. The van der Waals surface area contributed by atoms with Gasteiger partial charge in [0.1, 0.15) is 5.75 Å². The fourth-order valence-corrected chi connectivity index (χ4v) is 3.15. The highest BCUT2D eigenvalue weighted by molar-refractivity contribution is 5.73. The molecule has 4 rings (SSSR count). The molecule has 0 saturated carbocycles. The summed E-state index contributed by atoms with van der Waals surface area (Å²) in [6, 6.07) is 11.9. The number of benzene rings is 2. The molecule has 0 aliphatic carbocycles. The molecule has 10 nitrogen and oxygen atoms in total. The molecule has 0 radical (unpaired) electrons. The van der Waals surface area contributed by atoms with Gasteiger partial charge in [-0.2, -0.15) is 4.98 Å². The van der Waals surface area contributed by atoms with Gasteiger partial charge in [0.05, 0.1) is 24.9 Å². The summed E-state index contributed by atoms with van der Waals surface area (Å²) < 4.78 is 7.14. The van der Waals surface area contributed by atoms with Gasteiger partial charge in [0, 0.05) is 17.7 Å². The van der Waals surface area contributed by atoms with Gasteiger partial charge in [-0.05, 0) is 23.3 Å². The standard InChI is InChI=1S/C19H16N6O4/c1-29-15-6-5-11(7-14(15)12-3-2-4-13(8-12)25(27)28)9-24-10-21-16-17(24)22-19(20)23-18(16)26/h2-8,10H,9H2,1H3,(H3,20,22,23,26). The normalized spacial score (nSPS) is 10.9. The molecule has 146 valence electrons. The molecule has 2 aromatic carbocycles. The van der Waals surface area contributed by atoms with E-state index in [1.807, 2.05) is 12.1 Å². The Hall–Kier alpha value is -4.21. The lowest BCUT2D eigenvalue weighted by atomic mass is 10.0. The van der Waals surface area contributed by atoms with Crippen molar-refractivity contribution in [2.75, 3.05) is 12.8 Å². The van der Waals surface area contributed by atoms with E-state index in [1.54, 1.807) is 22.8 Å². The maximum absolute atomic E-state index is 12.0. The van der Waals surface area contributed by atoms with Crippen molar-refractivity contribution in [2.24, 2.45) is 0 Å². The largest absolute Gasteiger partial charge is 0.496 e. The molecule has 3 N–H and O–H groups in total. The minimum absolute atomic E-state index is 0.00513. The number of nitrogens with one attached hydrogen (secondary N) is 1. The molecule has 0 fully saturated rings. The van der Waals surface area contributed by atoms with Gasteiger partial charge in [-0.25, -0.2) is 4.98 Å². The molecule has 29 heavy (non-hydrogen) atoms. The van der Waals surface area contributed by atoms with Crippen molar-refractivity contribution in [3.8, 4) is 16.9 Å². The molecule has 0 aliphatic rings. The first-order chi connectivity index (χ1) is 14.0. The minimum atomic E-state index is -0.439. The highest BCUT2D eigenvalue weighted by Crippen LogP contribution is 2.33. The number of hydrogen-bond acceptors (Lipinski definition) is 7. The van der Waals surface area contributed by atoms with Gasteiger partial charge >= 0.3 is 0 Å². The molecule has 0 spiro atoms. The van der Waals surface area contributed by atoms with Crippen LogP contribution in [0.1, 0.15) is 5.56 Å². The van der Waals surface area contributed by atoms with Crippen LogP contribution in [0.5, 0.6) is 5.75 Å². The molecule has 10 heteroatoms. The van der Waals surface area contributed by atoms with E-state index in [-0.39, 0.29) is 17.2 Å². The van der Waals surface area contributed by atoms with Crippen LogP contribution in [0.3, 0.4) is 0 Å². The number of ether oxygens (including phenoxy) is 1. The van der Waals surface area contributed by atoms with E-state index in [1.165, 1.54) is 25.6 Å². The lowest BCUT2D eigenvalue weighted by Crippen LogP contribution is -2.12. The molecule has 2 aromatic heterocycles. The molecule has 0 aliphatic heterocycles. The number of aromatic nitrogens is 4. The predicted molar refractivity (Wildman–Crippen MR) is 107 cm³/mol. The SMILES string of the molecule is COc1ccc(Cn2cnc3c(=O)[nH]c(N)nc32)cc1-c1cccc([N+](=O)[O-])c1. The van der Waals surface area contributed by atoms with E-state index in [0.29, 0.717) is 29.1 Å². The van der Waals surface area contributed by atoms with Crippen LogP contribution in [0.15, 0.2) is 53.6 Å². The van der Waals surface area contributed by atoms with Crippen molar-refractivity contribution in [3.63, 3.8) is 0 Å². The van der Waals surface area contributed by atoms with Crippen molar-refractivity contribution < 1.29 is 9.66 Å². The number of anilines is 1. The number of nitro groups is 1. The van der Waals surface area contributed by atoms with Crippen LogP contribution >= 0.6 is 0 Å². The number of aromatic amines is 1. The molecule has 0 amide bonds. The zero-order valence-electron chi connectivity index (χ0n) is 15.3. The van der Waals surface area contributed by atoms with Crippen molar-refractivity contribution >= 4 is 22.8 Å². The highest BCUT2D eigenvalue weighted by atomic mass is 16.6. The smallest absolute Gasteiger partial charge is 0.280 e. The molecule has 0 bridgehead atoms. The number of non-ortho nitro benzene ring substituents is 1. The third-order valence-corrected chi connectivity index (χ3v) is 4.48. The number of nitrogens with zero attached hydrogens (tertiary/aromatic N) is 4. The maximum atomic E-state index is 12.0. The average Bonchev–Trinajstić information content (AvgIpc) is 3.11. The number of nitrogen functional groups attached to an aromatic ring is 1. The first-order valence-corrected chi connectivity index (χ1v) is 8.58. The third kappa shape index (κ3) is 3.38. The molecule has 2 heterocycles. The Labute approximate surface area is 163 Å². The molecular formula is C19H16N6O4. The monoisotopic (exact) mass is 392 g/mol. The summed E-state index contributed by atoms with van der Waals surface area (Å²) in [5, 5.41) is 11.1. The molecule has 4 aromatic rings. The predicted octanol–water partition coefficient (Wildman–Crippen LogP) is 2.33. The summed E-state index contributed by atoms with van der Waals surface area (Å²) in [6.45, 7) is 0.373. The molecule has 0 atom stereocenters. The van der Waals surface area contributed by atoms with Gasteiger partial charge in [-0.15, -0.1) is 0 Å². The van der Waals surface area contributed by atoms with E-state index >= 15 is 0 Å². The van der Waals surface area contributed by atoms with Gasteiger partial charge in [0.15, 0.2) is 11.2 Å². The Morgan fingerprint density at radius 2 is 2.10 bits per heavy atom. The fraction of sp³-hybridized carbons (Fsp3) is 0.105. The van der Waals surface area contributed by atoms with E-state index in [2.05, 4.69) is 15.0 Å². The van der Waals surface area contributed by atoms with Gasteiger partial charge in [0.2, 0.25) is 5.95 Å². The fourth-order valence-electron chi connectivity index (χ4n) is 3.15. The van der Waals surface area contributed by atoms with Crippen molar-refractivity contribution in [2.45, 2.75) is 6.54 Å². The van der Waals surface area contributed by atoms with E-state index < -0.39 is 10.5 Å². The van der Waals surface area contributed by atoms with E-state index in [0.717, 1.165) is 5.56 Å². The van der Waals surface area contributed by atoms with Gasteiger partial charge < -0.3 is 15.0 Å². The summed E-state index contributed by atoms with van der Waals surface area (Å²) in [4.78, 5) is 33.3. The van der Waals surface area contributed by atoms with Gasteiger partial charge in [-0.1, -0.05) is 18.2 Å². The number of nitro benzene ring substituents is 1. The quantitative estimate of drug-likeness (QED) is 0.392. The van der Waals surface area contributed by atoms with Gasteiger partial charge in [0.25, 0.3) is 11.2 Å². The van der Waals surface area contributed by atoms with Crippen LogP contribution in [0, 0.1) is 10.1 Å². The lowest BCUT2D eigenvalue weighted by molar-refractivity contribution is -0.384. The summed E-state index contributed by atoms with van der Waals surface area (Å²) in [7, 11) is 1.54. The lowest BCUT2D eigenvalue weighted by Gasteiger charge is -2.12. The van der Waals surface area contributed by atoms with Crippen molar-refractivity contribution in [1.29, 1.82) is 0 Å². The van der Waals surface area contributed by atoms with Crippen LogP contribution in [-0.2, 0) is 6.54 Å². The molecule has 0 unspecified atom stereocenters. The number of rotatable bonds is 5. The zero-order valence-corrected chi connectivity index (χ0v) is 15.3. The van der Waals surface area contributed by atoms with Gasteiger partial charge in [-0.3, -0.25) is 19.9 Å². The average molecular weight is 392 g/mol. The number of imidazole rings is 1. The summed E-state index contributed by atoms with van der Waals surface area (Å²) in [6.07, 6.45) is 1.52. The second-order valence-corrected chi connectivity index (χ2v) is 6.34. The molecule has 0 saturated heterocycles. The summed E-state index contributed by atoms with van der Waals surface area (Å²) >= 11 is 0. The van der Waals surface area contributed by atoms with Crippen LogP contribution < -0.4 is 16.0 Å². The number of hydrogen-bond donors (Lipinski definition) is 2.